The van der Waals surface area contributed by atoms with Crippen LogP contribution in [0.3, 0.4) is 0 Å². The predicted octanol–water partition coefficient (Wildman–Crippen LogP) is 1.86. The molecular formula is C13H21N3O2S. The van der Waals surface area contributed by atoms with E-state index in [0.29, 0.717) is 5.92 Å². The molecule has 19 heavy (non-hydrogen) atoms. The highest BCUT2D eigenvalue weighted by Crippen LogP contribution is 2.30. The Kier molecular flexibility index (Phi) is 4.10. The molecule has 0 saturated heterocycles. The first-order valence-electron chi connectivity index (χ1n) is 6.62. The van der Waals surface area contributed by atoms with Crippen LogP contribution in [0.2, 0.25) is 0 Å². The molecule has 106 valence electrons. The van der Waals surface area contributed by atoms with E-state index in [1.165, 1.54) is 29.1 Å². The second-order valence-corrected chi connectivity index (χ2v) is 7.26. The molecule has 0 radical (unpaired) electrons. The molecule has 1 heterocycles. The van der Waals surface area contributed by atoms with Crippen LogP contribution in [0.5, 0.6) is 0 Å². The zero-order valence-electron chi connectivity index (χ0n) is 11.4. The van der Waals surface area contributed by atoms with Gasteiger partial charge >= 0.3 is 0 Å². The minimum atomic E-state index is -3.48. The molecule has 1 saturated carbocycles. The van der Waals surface area contributed by atoms with Gasteiger partial charge < -0.3 is 5.73 Å². The molecular weight excluding hydrogens is 262 g/mol. The number of hydrogen-bond donors (Lipinski definition) is 1. The molecule has 5 nitrogen and oxygen atoms in total. The average molecular weight is 283 g/mol. The molecule has 2 N–H and O–H groups in total. The lowest BCUT2D eigenvalue weighted by Crippen LogP contribution is -2.42. The molecule has 1 aliphatic carbocycles. The molecule has 2 unspecified atom stereocenters. The van der Waals surface area contributed by atoms with Gasteiger partial charge in [0, 0.05) is 25.4 Å². The van der Waals surface area contributed by atoms with Crippen molar-refractivity contribution in [1.29, 1.82) is 0 Å². The van der Waals surface area contributed by atoms with Crippen LogP contribution in [-0.4, -0.2) is 30.8 Å². The van der Waals surface area contributed by atoms with E-state index in [1.807, 2.05) is 0 Å². The van der Waals surface area contributed by atoms with Crippen molar-refractivity contribution in [2.24, 2.45) is 5.92 Å². The second-order valence-electron chi connectivity index (χ2n) is 5.27. The standard InChI is InChI=1S/C13H21N3O2S/c1-10-5-3-4-6-12(10)16(2)19(17,18)11-7-8-15-13(14)9-11/h7-10,12H,3-6H2,1-2H3,(H2,14,15). The van der Waals surface area contributed by atoms with Gasteiger partial charge in [-0.1, -0.05) is 19.8 Å². The van der Waals surface area contributed by atoms with Crippen LogP contribution in [0, 0.1) is 5.92 Å². The Bertz CT molecular complexity index is 545. The Balaban J connectivity index is 2.28. The third-order valence-electron chi connectivity index (χ3n) is 3.96. The monoisotopic (exact) mass is 283 g/mol. The number of rotatable bonds is 3. The van der Waals surface area contributed by atoms with Crippen molar-refractivity contribution in [3.05, 3.63) is 18.3 Å². The fourth-order valence-electron chi connectivity index (χ4n) is 2.77. The number of nitrogens with two attached hydrogens (primary N) is 1. The highest BCUT2D eigenvalue weighted by atomic mass is 32.2. The Morgan fingerprint density at radius 3 is 2.68 bits per heavy atom. The molecule has 1 aromatic heterocycles. The number of anilines is 1. The summed E-state index contributed by atoms with van der Waals surface area (Å²) in [7, 11) is -1.82. The van der Waals surface area contributed by atoms with Crippen molar-refractivity contribution in [1.82, 2.24) is 9.29 Å². The Morgan fingerprint density at radius 1 is 1.37 bits per heavy atom. The molecule has 0 amide bonds. The summed E-state index contributed by atoms with van der Waals surface area (Å²) in [5.41, 5.74) is 5.57. The van der Waals surface area contributed by atoms with Gasteiger partial charge in [0.2, 0.25) is 10.0 Å². The quantitative estimate of drug-likeness (QED) is 0.918. The van der Waals surface area contributed by atoms with Crippen LogP contribution in [-0.2, 0) is 10.0 Å². The van der Waals surface area contributed by atoms with Gasteiger partial charge in [-0.15, -0.1) is 0 Å². The van der Waals surface area contributed by atoms with Gasteiger partial charge in [-0.25, -0.2) is 13.4 Å². The summed E-state index contributed by atoms with van der Waals surface area (Å²) in [6.45, 7) is 2.12. The van der Waals surface area contributed by atoms with Crippen molar-refractivity contribution >= 4 is 15.8 Å². The molecule has 6 heteroatoms. The Morgan fingerprint density at radius 2 is 2.05 bits per heavy atom. The summed E-state index contributed by atoms with van der Waals surface area (Å²) >= 11 is 0. The Hall–Kier alpha value is -1.14. The minimum Gasteiger partial charge on any atom is -0.384 e. The van der Waals surface area contributed by atoms with E-state index >= 15 is 0 Å². The number of hydrogen-bond acceptors (Lipinski definition) is 4. The molecule has 2 atom stereocenters. The van der Waals surface area contributed by atoms with Crippen LogP contribution in [0.4, 0.5) is 5.82 Å². The largest absolute Gasteiger partial charge is 0.384 e. The van der Waals surface area contributed by atoms with E-state index in [0.717, 1.165) is 19.3 Å². The molecule has 0 aromatic carbocycles. The number of nitrogen functional groups attached to an aromatic ring is 1. The summed E-state index contributed by atoms with van der Waals surface area (Å²) in [4.78, 5) is 4.06. The third kappa shape index (κ3) is 2.90. The summed E-state index contributed by atoms with van der Waals surface area (Å²) in [5.74, 6) is 0.624. The maximum atomic E-state index is 12.6. The van der Waals surface area contributed by atoms with Crippen LogP contribution in [0.25, 0.3) is 0 Å². The van der Waals surface area contributed by atoms with Gasteiger partial charge in [0.15, 0.2) is 0 Å². The van der Waals surface area contributed by atoms with Gasteiger partial charge in [0.1, 0.15) is 5.82 Å². The van der Waals surface area contributed by atoms with E-state index < -0.39 is 10.0 Å². The summed E-state index contributed by atoms with van der Waals surface area (Å²) < 4.78 is 26.6. The second kappa shape index (κ2) is 5.46. The van der Waals surface area contributed by atoms with Gasteiger partial charge in [0.05, 0.1) is 4.90 Å². The third-order valence-corrected chi connectivity index (χ3v) is 5.84. The fraction of sp³-hybridized carbons (Fsp3) is 0.615. The van der Waals surface area contributed by atoms with Gasteiger partial charge in [0.25, 0.3) is 0 Å². The van der Waals surface area contributed by atoms with Crippen molar-refractivity contribution in [2.75, 3.05) is 12.8 Å². The zero-order chi connectivity index (χ0) is 14.0. The number of nitrogens with zero attached hydrogens (tertiary/aromatic N) is 2. The van der Waals surface area contributed by atoms with E-state index in [-0.39, 0.29) is 16.8 Å². The predicted molar refractivity (Wildman–Crippen MR) is 75.0 cm³/mol. The number of aromatic nitrogens is 1. The lowest BCUT2D eigenvalue weighted by Gasteiger charge is -2.35. The molecule has 1 aliphatic rings. The summed E-state index contributed by atoms with van der Waals surface area (Å²) in [6.07, 6.45) is 5.72. The normalized spacial score (nSPS) is 24.6. The molecule has 0 spiro atoms. The first-order valence-corrected chi connectivity index (χ1v) is 8.06. The fourth-order valence-corrected chi connectivity index (χ4v) is 4.27. The molecule has 0 bridgehead atoms. The maximum Gasteiger partial charge on any atom is 0.243 e. The molecule has 0 aliphatic heterocycles. The lowest BCUT2D eigenvalue weighted by atomic mass is 9.86. The number of pyridine rings is 1. The first-order chi connectivity index (χ1) is 8.93. The highest BCUT2D eigenvalue weighted by molar-refractivity contribution is 7.89. The first kappa shape index (κ1) is 14.3. The van der Waals surface area contributed by atoms with Crippen LogP contribution < -0.4 is 5.73 Å². The van der Waals surface area contributed by atoms with Crippen LogP contribution in [0.15, 0.2) is 23.2 Å². The smallest absolute Gasteiger partial charge is 0.243 e. The van der Waals surface area contributed by atoms with E-state index in [2.05, 4.69) is 11.9 Å². The lowest BCUT2D eigenvalue weighted by molar-refractivity contribution is 0.213. The van der Waals surface area contributed by atoms with E-state index in [1.54, 1.807) is 7.05 Å². The maximum absolute atomic E-state index is 12.6. The number of sulfonamides is 1. The Labute approximate surface area is 114 Å². The molecule has 1 aromatic rings. The van der Waals surface area contributed by atoms with Gasteiger partial charge in [-0.05, 0) is 24.8 Å². The van der Waals surface area contributed by atoms with Crippen molar-refractivity contribution < 1.29 is 8.42 Å². The average Bonchev–Trinajstić information content (AvgIpc) is 2.38. The van der Waals surface area contributed by atoms with Gasteiger partial charge in [-0.2, -0.15) is 4.31 Å². The molecule has 1 fully saturated rings. The van der Waals surface area contributed by atoms with Crippen molar-refractivity contribution in [2.45, 2.75) is 43.5 Å². The summed E-state index contributed by atoms with van der Waals surface area (Å²) in [5, 5.41) is 0. The van der Waals surface area contributed by atoms with Crippen LogP contribution in [0.1, 0.15) is 32.6 Å². The van der Waals surface area contributed by atoms with Gasteiger partial charge in [-0.3, -0.25) is 0 Å². The molecule has 2 rings (SSSR count). The SMILES string of the molecule is CC1CCCCC1N(C)S(=O)(=O)c1ccnc(N)c1. The van der Waals surface area contributed by atoms with Crippen molar-refractivity contribution in [3.63, 3.8) is 0 Å². The van der Waals surface area contributed by atoms with Crippen LogP contribution >= 0.6 is 0 Å². The zero-order valence-corrected chi connectivity index (χ0v) is 12.2. The highest BCUT2D eigenvalue weighted by Gasteiger charge is 2.33. The van der Waals surface area contributed by atoms with Crippen molar-refractivity contribution in [3.8, 4) is 0 Å². The van der Waals surface area contributed by atoms with E-state index in [4.69, 9.17) is 5.73 Å². The van der Waals surface area contributed by atoms with E-state index in [9.17, 15) is 8.42 Å². The minimum absolute atomic E-state index is 0.0770. The summed E-state index contributed by atoms with van der Waals surface area (Å²) in [6, 6.07) is 2.99. The topological polar surface area (TPSA) is 76.3 Å².